The zero-order valence-electron chi connectivity index (χ0n) is 9.40. The highest BCUT2D eigenvalue weighted by Gasteiger charge is 2.07. The molecule has 0 aliphatic heterocycles. The first kappa shape index (κ1) is 12.9. The van der Waals surface area contributed by atoms with Crippen molar-refractivity contribution in [2.75, 3.05) is 23.9 Å². The van der Waals surface area contributed by atoms with E-state index < -0.39 is 5.97 Å². The van der Waals surface area contributed by atoms with E-state index in [4.69, 9.17) is 5.11 Å². The average molecular weight is 239 g/mol. The molecule has 0 aliphatic rings. The van der Waals surface area contributed by atoms with Crippen molar-refractivity contribution in [2.45, 2.75) is 12.8 Å². The number of carbonyl (C=O) groups is 1. The summed E-state index contributed by atoms with van der Waals surface area (Å²) in [4.78, 5) is 10.9. The second-order valence-electron chi connectivity index (χ2n) is 3.48. The van der Waals surface area contributed by atoms with Gasteiger partial charge in [0, 0.05) is 12.2 Å². The van der Waals surface area contributed by atoms with Crippen molar-refractivity contribution >= 4 is 23.4 Å². The number of rotatable bonds is 7. The Morgan fingerprint density at radius 2 is 2.12 bits per heavy atom. The molecule has 0 heterocycles. The molecule has 0 aliphatic carbocycles. The number of hydrogen-bond donors (Lipinski definition) is 2. The normalized spacial score (nSPS) is 10.1. The molecule has 0 aromatic heterocycles. The van der Waals surface area contributed by atoms with Crippen LogP contribution in [0.2, 0.25) is 0 Å². The van der Waals surface area contributed by atoms with Crippen molar-refractivity contribution in [3.8, 4) is 0 Å². The second-order valence-corrected chi connectivity index (χ2v) is 4.46. The van der Waals surface area contributed by atoms with Crippen LogP contribution < -0.4 is 5.32 Å². The standard InChI is InChI=1S/C12H17NO2S/c1-16-9-5-4-8-13-11-7-3-2-6-10(11)12(14)15/h2-3,6-7,13H,4-5,8-9H2,1H3,(H,14,15). The van der Waals surface area contributed by atoms with Crippen molar-refractivity contribution in [3.63, 3.8) is 0 Å². The average Bonchev–Trinajstić information content (AvgIpc) is 2.29. The van der Waals surface area contributed by atoms with Gasteiger partial charge in [-0.3, -0.25) is 0 Å². The Bertz CT molecular complexity index is 342. The lowest BCUT2D eigenvalue weighted by Gasteiger charge is -2.08. The maximum absolute atomic E-state index is 10.9. The maximum Gasteiger partial charge on any atom is 0.337 e. The number of hydrogen-bond acceptors (Lipinski definition) is 3. The van der Waals surface area contributed by atoms with Crippen molar-refractivity contribution < 1.29 is 9.90 Å². The van der Waals surface area contributed by atoms with E-state index in [9.17, 15) is 4.79 Å². The third-order valence-electron chi connectivity index (χ3n) is 2.25. The van der Waals surface area contributed by atoms with E-state index >= 15 is 0 Å². The summed E-state index contributed by atoms with van der Waals surface area (Å²) in [6.07, 6.45) is 4.31. The van der Waals surface area contributed by atoms with Crippen molar-refractivity contribution in [3.05, 3.63) is 29.8 Å². The number of para-hydroxylation sites is 1. The molecule has 0 radical (unpaired) electrons. The maximum atomic E-state index is 10.9. The third-order valence-corrected chi connectivity index (χ3v) is 2.95. The molecule has 1 aromatic rings. The molecule has 0 fully saturated rings. The third kappa shape index (κ3) is 4.14. The summed E-state index contributed by atoms with van der Waals surface area (Å²) < 4.78 is 0. The molecule has 1 rings (SSSR count). The van der Waals surface area contributed by atoms with Crippen molar-refractivity contribution in [1.82, 2.24) is 0 Å². The highest BCUT2D eigenvalue weighted by molar-refractivity contribution is 7.98. The fourth-order valence-corrected chi connectivity index (χ4v) is 1.91. The van der Waals surface area contributed by atoms with Gasteiger partial charge in [-0.15, -0.1) is 0 Å². The number of benzene rings is 1. The van der Waals surface area contributed by atoms with E-state index in [1.807, 2.05) is 17.8 Å². The molecule has 88 valence electrons. The monoisotopic (exact) mass is 239 g/mol. The molecule has 16 heavy (non-hydrogen) atoms. The fraction of sp³-hybridized carbons (Fsp3) is 0.417. The van der Waals surface area contributed by atoms with Crippen LogP contribution in [0.5, 0.6) is 0 Å². The van der Waals surface area contributed by atoms with Gasteiger partial charge in [-0.05, 0) is 37.0 Å². The molecule has 0 saturated carbocycles. The number of anilines is 1. The quantitative estimate of drug-likeness (QED) is 0.718. The minimum absolute atomic E-state index is 0.340. The summed E-state index contributed by atoms with van der Waals surface area (Å²) in [5, 5.41) is 12.1. The first-order chi connectivity index (χ1) is 7.75. The van der Waals surface area contributed by atoms with Gasteiger partial charge >= 0.3 is 5.97 Å². The van der Waals surface area contributed by atoms with Gasteiger partial charge in [0.15, 0.2) is 0 Å². The first-order valence-corrected chi connectivity index (χ1v) is 6.70. The number of carboxylic acid groups (broad SMARTS) is 1. The summed E-state index contributed by atoms with van der Waals surface area (Å²) in [6.45, 7) is 0.824. The van der Waals surface area contributed by atoms with E-state index in [1.165, 1.54) is 0 Å². The zero-order valence-corrected chi connectivity index (χ0v) is 10.2. The van der Waals surface area contributed by atoms with E-state index in [-0.39, 0.29) is 0 Å². The largest absolute Gasteiger partial charge is 0.478 e. The van der Waals surface area contributed by atoms with E-state index in [0.717, 1.165) is 25.1 Å². The molecular weight excluding hydrogens is 222 g/mol. The predicted octanol–water partition coefficient (Wildman–Crippen LogP) is 2.94. The van der Waals surface area contributed by atoms with Crippen LogP contribution in [0.3, 0.4) is 0 Å². The van der Waals surface area contributed by atoms with Gasteiger partial charge in [-0.1, -0.05) is 12.1 Å². The van der Waals surface area contributed by atoms with Gasteiger partial charge in [-0.25, -0.2) is 4.79 Å². The van der Waals surface area contributed by atoms with Crippen LogP contribution in [-0.2, 0) is 0 Å². The molecule has 0 bridgehead atoms. The Balaban J connectivity index is 2.44. The SMILES string of the molecule is CSCCCCNc1ccccc1C(=O)O. The van der Waals surface area contributed by atoms with Crippen LogP contribution in [0, 0.1) is 0 Å². The molecule has 1 aromatic carbocycles. The predicted molar refractivity (Wildman–Crippen MR) is 69.5 cm³/mol. The van der Waals surface area contributed by atoms with E-state index in [1.54, 1.807) is 18.2 Å². The van der Waals surface area contributed by atoms with E-state index in [0.29, 0.717) is 11.3 Å². The Labute approximate surface area is 100 Å². The molecule has 2 N–H and O–H groups in total. The van der Waals surface area contributed by atoms with E-state index in [2.05, 4.69) is 11.6 Å². The smallest absolute Gasteiger partial charge is 0.337 e. The van der Waals surface area contributed by atoms with Crippen molar-refractivity contribution in [2.24, 2.45) is 0 Å². The molecule has 4 heteroatoms. The Morgan fingerprint density at radius 1 is 1.38 bits per heavy atom. The zero-order chi connectivity index (χ0) is 11.8. The fourth-order valence-electron chi connectivity index (χ4n) is 1.42. The van der Waals surface area contributed by atoms with Gasteiger partial charge in [0.1, 0.15) is 0 Å². The number of thioether (sulfide) groups is 1. The highest BCUT2D eigenvalue weighted by atomic mass is 32.2. The van der Waals surface area contributed by atoms with Crippen molar-refractivity contribution in [1.29, 1.82) is 0 Å². The van der Waals surface area contributed by atoms with Gasteiger partial charge in [0.05, 0.1) is 5.56 Å². The Hall–Kier alpha value is -1.16. The number of carboxylic acids is 1. The Morgan fingerprint density at radius 3 is 2.81 bits per heavy atom. The number of aromatic carboxylic acids is 1. The molecule has 0 saturated heterocycles. The summed E-state index contributed by atoms with van der Waals surface area (Å²) in [7, 11) is 0. The molecule has 0 amide bonds. The number of unbranched alkanes of at least 4 members (excludes halogenated alkanes) is 1. The highest BCUT2D eigenvalue weighted by Crippen LogP contribution is 2.14. The first-order valence-electron chi connectivity index (χ1n) is 5.31. The molecule has 0 spiro atoms. The Kier molecular flexibility index (Phi) is 5.78. The lowest BCUT2D eigenvalue weighted by molar-refractivity contribution is 0.0698. The second kappa shape index (κ2) is 7.17. The van der Waals surface area contributed by atoms with Gasteiger partial charge in [0.2, 0.25) is 0 Å². The van der Waals surface area contributed by atoms with Crippen LogP contribution in [0.1, 0.15) is 23.2 Å². The summed E-state index contributed by atoms with van der Waals surface area (Å²) in [5.74, 6) is 0.273. The molecule has 3 nitrogen and oxygen atoms in total. The summed E-state index contributed by atoms with van der Waals surface area (Å²) in [6, 6.07) is 7.00. The molecular formula is C12H17NO2S. The minimum atomic E-state index is -0.882. The lowest BCUT2D eigenvalue weighted by atomic mass is 10.2. The van der Waals surface area contributed by atoms with Crippen LogP contribution in [-0.4, -0.2) is 29.6 Å². The van der Waals surface area contributed by atoms with Gasteiger partial charge in [-0.2, -0.15) is 11.8 Å². The van der Waals surface area contributed by atoms with Gasteiger partial charge in [0.25, 0.3) is 0 Å². The van der Waals surface area contributed by atoms with Gasteiger partial charge < -0.3 is 10.4 Å². The topological polar surface area (TPSA) is 49.3 Å². The number of nitrogens with one attached hydrogen (secondary N) is 1. The molecule has 0 atom stereocenters. The lowest BCUT2D eigenvalue weighted by Crippen LogP contribution is -2.07. The van der Waals surface area contributed by atoms with Crippen LogP contribution >= 0.6 is 11.8 Å². The summed E-state index contributed by atoms with van der Waals surface area (Å²) in [5.41, 5.74) is 1.05. The van der Waals surface area contributed by atoms with Crippen LogP contribution in [0.25, 0.3) is 0 Å². The minimum Gasteiger partial charge on any atom is -0.478 e. The summed E-state index contributed by atoms with van der Waals surface area (Å²) >= 11 is 1.83. The van der Waals surface area contributed by atoms with Crippen LogP contribution in [0.15, 0.2) is 24.3 Å². The van der Waals surface area contributed by atoms with Crippen LogP contribution in [0.4, 0.5) is 5.69 Å². The molecule has 0 unspecified atom stereocenters.